The van der Waals surface area contributed by atoms with E-state index in [1.807, 2.05) is 6.08 Å². The van der Waals surface area contributed by atoms with Gasteiger partial charge in [-0.25, -0.2) is 0 Å². The zero-order valence-corrected chi connectivity index (χ0v) is 18.2. The Morgan fingerprint density at radius 2 is 1.31 bits per heavy atom. The van der Waals surface area contributed by atoms with E-state index in [-0.39, 0.29) is 4.75 Å². The summed E-state index contributed by atoms with van der Waals surface area (Å²) >= 11 is 1.80. The van der Waals surface area contributed by atoms with Crippen molar-refractivity contribution < 1.29 is 5.11 Å². The summed E-state index contributed by atoms with van der Waals surface area (Å²) in [5, 5.41) is 10.9. The number of hydrogen-bond donors (Lipinski definition) is 1. The average Bonchev–Trinajstić information content (AvgIpc) is 3.27. The van der Waals surface area contributed by atoms with Gasteiger partial charge in [0.2, 0.25) is 0 Å². The third kappa shape index (κ3) is 6.16. The summed E-state index contributed by atoms with van der Waals surface area (Å²) in [5.41, 5.74) is 1.52. The van der Waals surface area contributed by atoms with Crippen LogP contribution in [0.2, 0.25) is 0 Å². The summed E-state index contributed by atoms with van der Waals surface area (Å²) in [6.45, 7) is 4.56. The van der Waals surface area contributed by atoms with Crippen molar-refractivity contribution in [2.24, 2.45) is 0 Å². The summed E-state index contributed by atoms with van der Waals surface area (Å²) in [6.07, 6.45) is 27.8. The molecule has 2 aliphatic rings. The van der Waals surface area contributed by atoms with Gasteiger partial charge in [-0.15, -0.1) is 11.8 Å². The number of hydrogen-bond acceptors (Lipinski definition) is 2. The molecule has 0 bridgehead atoms. The van der Waals surface area contributed by atoms with Crippen molar-refractivity contribution in [3.8, 4) is 0 Å². The SMILES string of the molecule is CCCCCCCCCC1=CC=CC2(O)SC12CCCCCCCCC. The summed E-state index contributed by atoms with van der Waals surface area (Å²) in [4.78, 5) is -0.583. The lowest BCUT2D eigenvalue weighted by Crippen LogP contribution is -2.28. The molecule has 2 heteroatoms. The van der Waals surface area contributed by atoms with Crippen molar-refractivity contribution in [1.82, 2.24) is 0 Å². The molecule has 1 aliphatic heterocycles. The maximum Gasteiger partial charge on any atom is 0.148 e. The third-order valence-corrected chi connectivity index (χ3v) is 7.90. The molecule has 2 unspecified atom stereocenters. The van der Waals surface area contributed by atoms with Gasteiger partial charge in [-0.1, -0.05) is 109 Å². The highest BCUT2D eigenvalue weighted by Gasteiger charge is 2.68. The molecule has 2 rings (SSSR count). The second-order valence-electron chi connectivity index (χ2n) is 8.42. The molecule has 150 valence electrons. The van der Waals surface area contributed by atoms with Crippen LogP contribution in [0.3, 0.4) is 0 Å². The first-order valence-electron chi connectivity index (χ1n) is 11.5. The van der Waals surface area contributed by atoms with Gasteiger partial charge < -0.3 is 5.11 Å². The quantitative estimate of drug-likeness (QED) is 0.217. The molecule has 0 saturated carbocycles. The first kappa shape index (κ1) is 22.1. The zero-order chi connectivity index (χ0) is 18.7. The monoisotopic (exact) mass is 378 g/mol. The maximum atomic E-state index is 10.9. The van der Waals surface area contributed by atoms with Gasteiger partial charge >= 0.3 is 0 Å². The average molecular weight is 379 g/mol. The Morgan fingerprint density at radius 3 is 1.92 bits per heavy atom. The fourth-order valence-electron chi connectivity index (χ4n) is 4.41. The Bertz CT molecular complexity index is 455. The zero-order valence-electron chi connectivity index (χ0n) is 17.4. The minimum atomic E-state index is -0.583. The predicted molar refractivity (Wildman–Crippen MR) is 118 cm³/mol. The van der Waals surface area contributed by atoms with E-state index in [1.54, 1.807) is 11.8 Å². The van der Waals surface area contributed by atoms with Crippen LogP contribution in [0.25, 0.3) is 0 Å². The van der Waals surface area contributed by atoms with Crippen molar-refractivity contribution in [3.63, 3.8) is 0 Å². The molecule has 0 aromatic rings. The first-order valence-corrected chi connectivity index (χ1v) is 12.3. The molecule has 0 radical (unpaired) electrons. The highest BCUT2D eigenvalue weighted by atomic mass is 32.2. The molecule has 1 heterocycles. The van der Waals surface area contributed by atoms with E-state index in [0.717, 1.165) is 6.42 Å². The molecule has 0 amide bonds. The van der Waals surface area contributed by atoms with E-state index >= 15 is 0 Å². The second kappa shape index (κ2) is 11.6. The lowest BCUT2D eigenvalue weighted by molar-refractivity contribution is 0.187. The summed E-state index contributed by atoms with van der Waals surface area (Å²) in [6, 6.07) is 0. The van der Waals surface area contributed by atoms with Crippen LogP contribution in [0.5, 0.6) is 0 Å². The minimum Gasteiger partial charge on any atom is -0.374 e. The van der Waals surface area contributed by atoms with E-state index in [0.29, 0.717) is 0 Å². The minimum absolute atomic E-state index is 0.0351. The number of aliphatic hydroxyl groups is 1. The van der Waals surface area contributed by atoms with Gasteiger partial charge in [-0.3, -0.25) is 0 Å². The Hall–Kier alpha value is -0.210. The smallest absolute Gasteiger partial charge is 0.148 e. The molecular weight excluding hydrogens is 336 g/mol. The number of allylic oxidation sites excluding steroid dienone is 2. The van der Waals surface area contributed by atoms with Gasteiger partial charge in [0.05, 0.1) is 4.75 Å². The van der Waals surface area contributed by atoms with Crippen LogP contribution in [0.4, 0.5) is 0 Å². The molecule has 1 N–H and O–H groups in total. The number of rotatable bonds is 16. The Balaban J connectivity index is 1.67. The number of thioether (sulfide) groups is 1. The first-order chi connectivity index (χ1) is 12.7. The van der Waals surface area contributed by atoms with E-state index in [1.165, 1.54) is 102 Å². The third-order valence-electron chi connectivity index (χ3n) is 6.19. The molecule has 2 atom stereocenters. The molecule has 1 saturated heterocycles. The highest BCUT2D eigenvalue weighted by molar-refractivity contribution is 8.10. The van der Waals surface area contributed by atoms with Crippen molar-refractivity contribution in [1.29, 1.82) is 0 Å². The van der Waals surface area contributed by atoms with Crippen LogP contribution in [0.1, 0.15) is 117 Å². The summed E-state index contributed by atoms with van der Waals surface area (Å²) < 4.78 is 0.0351. The molecular formula is C24H42OS. The van der Waals surface area contributed by atoms with E-state index in [9.17, 15) is 5.11 Å². The Kier molecular flexibility index (Phi) is 9.85. The Labute approximate surface area is 167 Å². The molecule has 1 aliphatic carbocycles. The van der Waals surface area contributed by atoms with Gasteiger partial charge in [-0.05, 0) is 30.9 Å². The molecule has 1 fully saturated rings. The summed E-state index contributed by atoms with van der Waals surface area (Å²) in [7, 11) is 0. The molecule has 26 heavy (non-hydrogen) atoms. The van der Waals surface area contributed by atoms with Gasteiger partial charge in [-0.2, -0.15) is 0 Å². The van der Waals surface area contributed by atoms with Crippen LogP contribution in [-0.4, -0.2) is 14.8 Å². The lowest BCUT2D eigenvalue weighted by Gasteiger charge is -2.24. The van der Waals surface area contributed by atoms with Crippen LogP contribution in [-0.2, 0) is 0 Å². The van der Waals surface area contributed by atoms with Gasteiger partial charge in [0.15, 0.2) is 0 Å². The molecule has 0 aromatic carbocycles. The highest BCUT2D eigenvalue weighted by Crippen LogP contribution is 2.70. The lowest BCUT2D eigenvalue weighted by atomic mass is 9.82. The van der Waals surface area contributed by atoms with Crippen LogP contribution < -0.4 is 0 Å². The van der Waals surface area contributed by atoms with E-state index in [2.05, 4.69) is 26.0 Å². The van der Waals surface area contributed by atoms with Gasteiger partial charge in [0.1, 0.15) is 4.93 Å². The van der Waals surface area contributed by atoms with Gasteiger partial charge in [0.25, 0.3) is 0 Å². The van der Waals surface area contributed by atoms with Crippen molar-refractivity contribution >= 4 is 11.8 Å². The summed E-state index contributed by atoms with van der Waals surface area (Å²) in [5.74, 6) is 0. The maximum absolute atomic E-state index is 10.9. The second-order valence-corrected chi connectivity index (χ2v) is 9.94. The largest absolute Gasteiger partial charge is 0.374 e. The van der Waals surface area contributed by atoms with Crippen molar-refractivity contribution in [2.75, 3.05) is 0 Å². The van der Waals surface area contributed by atoms with Gasteiger partial charge in [0, 0.05) is 0 Å². The number of unbranched alkanes of at least 4 members (excludes halogenated alkanes) is 12. The standard InChI is InChI=1S/C24H42OS/c1-3-5-7-9-11-13-15-18-22-19-17-21-24(25)23(22,26-24)20-16-14-12-10-8-6-4-2/h17,19,21,25H,3-16,18,20H2,1-2H3. The normalized spacial score (nSPS) is 26.7. The predicted octanol–water partition coefficient (Wildman–Crippen LogP) is 7.94. The number of fused-ring (bicyclic) bond motifs is 1. The fraction of sp³-hybridized carbons (Fsp3) is 0.833. The fourth-order valence-corrected chi connectivity index (χ4v) is 5.89. The topological polar surface area (TPSA) is 20.2 Å². The molecule has 0 spiro atoms. The molecule has 1 nitrogen and oxygen atoms in total. The van der Waals surface area contributed by atoms with Crippen molar-refractivity contribution in [2.45, 2.75) is 126 Å². The molecule has 0 aromatic heterocycles. The van der Waals surface area contributed by atoms with E-state index < -0.39 is 4.93 Å². The van der Waals surface area contributed by atoms with Crippen molar-refractivity contribution in [3.05, 3.63) is 23.8 Å². The van der Waals surface area contributed by atoms with Crippen LogP contribution >= 0.6 is 11.8 Å². The van der Waals surface area contributed by atoms with E-state index in [4.69, 9.17) is 0 Å². The van der Waals surface area contributed by atoms with Crippen LogP contribution in [0.15, 0.2) is 23.8 Å². The van der Waals surface area contributed by atoms with Crippen LogP contribution in [0, 0.1) is 0 Å². The Morgan fingerprint density at radius 1 is 0.769 bits per heavy atom.